The molecule has 1 fully saturated rings. The first-order valence-corrected chi connectivity index (χ1v) is 10.1. The summed E-state index contributed by atoms with van der Waals surface area (Å²) in [6, 6.07) is 14.7. The van der Waals surface area contributed by atoms with Crippen LogP contribution in [0.1, 0.15) is 40.4 Å². The standard InChI is InChI=1S/C23H28N4O3/c1-5-23(19-12-6-16(2)7-13-19)21(29)27(22(30)25-23)15-26(4)14-17-8-10-18(11-9-17)20(28)24-3/h6-13H,5,14-15H2,1-4H3,(H,24,28)(H,25,30)/p+1/t23-/m0/s1. The largest absolute Gasteiger partial charge is 0.355 e. The molecule has 1 aliphatic rings. The van der Waals surface area contributed by atoms with Crippen molar-refractivity contribution in [2.75, 3.05) is 20.8 Å². The van der Waals surface area contributed by atoms with Crippen LogP contribution >= 0.6 is 0 Å². The Bertz CT molecular complexity index is 940. The maximum atomic E-state index is 13.3. The third-order valence-electron chi connectivity index (χ3n) is 5.63. The van der Waals surface area contributed by atoms with Gasteiger partial charge in [-0.15, -0.1) is 0 Å². The molecule has 1 unspecified atom stereocenters. The maximum Gasteiger partial charge on any atom is 0.329 e. The summed E-state index contributed by atoms with van der Waals surface area (Å²) in [6.07, 6.45) is 0.483. The minimum absolute atomic E-state index is 0.131. The molecule has 7 nitrogen and oxygen atoms in total. The van der Waals surface area contributed by atoms with Gasteiger partial charge in [0.2, 0.25) is 0 Å². The van der Waals surface area contributed by atoms with Gasteiger partial charge in [0.25, 0.3) is 11.8 Å². The number of carbonyl (C=O) groups is 3. The summed E-state index contributed by atoms with van der Waals surface area (Å²) >= 11 is 0. The number of quaternary nitrogens is 1. The average molecular weight is 410 g/mol. The molecule has 3 N–H and O–H groups in total. The predicted molar refractivity (Wildman–Crippen MR) is 114 cm³/mol. The molecule has 30 heavy (non-hydrogen) atoms. The first-order chi connectivity index (χ1) is 14.3. The van der Waals surface area contributed by atoms with Crippen molar-refractivity contribution < 1.29 is 19.3 Å². The molecule has 0 aliphatic carbocycles. The highest BCUT2D eigenvalue weighted by atomic mass is 16.2. The number of imide groups is 1. The summed E-state index contributed by atoms with van der Waals surface area (Å²) in [4.78, 5) is 39.9. The van der Waals surface area contributed by atoms with Gasteiger partial charge in [-0.05, 0) is 31.0 Å². The van der Waals surface area contributed by atoms with Gasteiger partial charge in [-0.3, -0.25) is 9.59 Å². The summed E-state index contributed by atoms with van der Waals surface area (Å²) in [5, 5.41) is 5.52. The normalized spacial score (nSPS) is 19.5. The molecule has 2 aromatic carbocycles. The first kappa shape index (κ1) is 21.5. The molecule has 0 saturated carbocycles. The Morgan fingerprint density at radius 3 is 2.30 bits per heavy atom. The van der Waals surface area contributed by atoms with Crippen LogP contribution in [0, 0.1) is 6.92 Å². The van der Waals surface area contributed by atoms with Gasteiger partial charge < -0.3 is 15.5 Å². The highest BCUT2D eigenvalue weighted by molar-refractivity contribution is 6.07. The van der Waals surface area contributed by atoms with Crippen LogP contribution in [0.3, 0.4) is 0 Å². The van der Waals surface area contributed by atoms with Crippen molar-refractivity contribution in [2.24, 2.45) is 0 Å². The quantitative estimate of drug-likeness (QED) is 0.601. The van der Waals surface area contributed by atoms with Crippen LogP contribution in [-0.4, -0.2) is 43.5 Å². The SMILES string of the molecule is CC[C@@]1(c2ccc(C)cc2)NC(=O)N(C[NH+](C)Cc2ccc(C(=O)NC)cc2)C1=O. The molecule has 1 saturated heterocycles. The van der Waals surface area contributed by atoms with Crippen LogP contribution in [0.25, 0.3) is 0 Å². The molecule has 3 rings (SSSR count). The van der Waals surface area contributed by atoms with Crippen LogP contribution in [-0.2, 0) is 16.9 Å². The Hall–Kier alpha value is -3.19. The number of urea groups is 1. The zero-order valence-corrected chi connectivity index (χ0v) is 17.9. The van der Waals surface area contributed by atoms with Crippen LogP contribution in [0.5, 0.6) is 0 Å². The van der Waals surface area contributed by atoms with Gasteiger partial charge in [-0.2, -0.15) is 0 Å². The lowest BCUT2D eigenvalue weighted by Crippen LogP contribution is -3.09. The van der Waals surface area contributed by atoms with Crippen LogP contribution < -0.4 is 15.5 Å². The van der Waals surface area contributed by atoms with E-state index < -0.39 is 5.54 Å². The number of hydrogen-bond acceptors (Lipinski definition) is 3. The number of carbonyl (C=O) groups excluding carboxylic acids is 3. The predicted octanol–water partition coefficient (Wildman–Crippen LogP) is 1.18. The minimum Gasteiger partial charge on any atom is -0.355 e. The smallest absolute Gasteiger partial charge is 0.329 e. The van der Waals surface area contributed by atoms with Crippen molar-refractivity contribution in [3.63, 3.8) is 0 Å². The summed E-state index contributed by atoms with van der Waals surface area (Å²) in [6.45, 7) is 4.78. The highest BCUT2D eigenvalue weighted by Crippen LogP contribution is 2.32. The zero-order valence-electron chi connectivity index (χ0n) is 17.9. The third kappa shape index (κ3) is 4.07. The van der Waals surface area contributed by atoms with Crippen LogP contribution in [0.2, 0.25) is 0 Å². The molecule has 0 radical (unpaired) electrons. The zero-order chi connectivity index (χ0) is 21.9. The van der Waals surface area contributed by atoms with Gasteiger partial charge in [-0.25, -0.2) is 9.69 Å². The number of nitrogens with one attached hydrogen (secondary N) is 3. The first-order valence-electron chi connectivity index (χ1n) is 10.1. The van der Waals surface area contributed by atoms with Crippen LogP contribution in [0.15, 0.2) is 48.5 Å². The molecule has 2 aromatic rings. The maximum absolute atomic E-state index is 13.3. The van der Waals surface area contributed by atoms with Crippen molar-refractivity contribution in [2.45, 2.75) is 32.4 Å². The van der Waals surface area contributed by atoms with E-state index in [1.54, 1.807) is 19.2 Å². The summed E-state index contributed by atoms with van der Waals surface area (Å²) in [7, 11) is 3.53. The molecule has 2 atom stereocenters. The van der Waals surface area contributed by atoms with E-state index in [1.165, 1.54) is 4.90 Å². The molecular weight excluding hydrogens is 380 g/mol. The highest BCUT2D eigenvalue weighted by Gasteiger charge is 2.52. The van der Waals surface area contributed by atoms with Gasteiger partial charge in [0, 0.05) is 18.2 Å². The molecule has 0 spiro atoms. The van der Waals surface area contributed by atoms with E-state index in [0.29, 0.717) is 18.5 Å². The monoisotopic (exact) mass is 409 g/mol. The van der Waals surface area contributed by atoms with E-state index in [-0.39, 0.29) is 24.5 Å². The number of amides is 4. The molecule has 158 valence electrons. The fourth-order valence-corrected chi connectivity index (χ4v) is 3.84. The van der Waals surface area contributed by atoms with Gasteiger partial charge >= 0.3 is 6.03 Å². The van der Waals surface area contributed by atoms with E-state index in [1.807, 2.05) is 57.3 Å². The second-order valence-electron chi connectivity index (χ2n) is 7.86. The van der Waals surface area contributed by atoms with Gasteiger partial charge in [-0.1, -0.05) is 48.9 Å². The van der Waals surface area contributed by atoms with E-state index >= 15 is 0 Å². The van der Waals surface area contributed by atoms with E-state index in [9.17, 15) is 14.4 Å². The van der Waals surface area contributed by atoms with E-state index in [2.05, 4.69) is 10.6 Å². The number of hydrogen-bond donors (Lipinski definition) is 3. The Kier molecular flexibility index (Phi) is 6.22. The third-order valence-corrected chi connectivity index (χ3v) is 5.63. The number of aryl methyl sites for hydroxylation is 1. The van der Waals surface area contributed by atoms with E-state index in [0.717, 1.165) is 21.6 Å². The molecule has 1 heterocycles. The number of rotatable bonds is 7. The summed E-state index contributed by atoms with van der Waals surface area (Å²) < 4.78 is 0. The molecule has 0 bridgehead atoms. The lowest BCUT2D eigenvalue weighted by molar-refractivity contribution is -0.901. The number of benzene rings is 2. The Morgan fingerprint density at radius 1 is 1.10 bits per heavy atom. The van der Waals surface area contributed by atoms with Crippen LogP contribution in [0.4, 0.5) is 4.79 Å². The number of nitrogens with zero attached hydrogens (tertiary/aromatic N) is 1. The Morgan fingerprint density at radius 2 is 1.73 bits per heavy atom. The van der Waals surface area contributed by atoms with Gasteiger partial charge in [0.05, 0.1) is 7.05 Å². The van der Waals surface area contributed by atoms with Crippen molar-refractivity contribution in [3.05, 3.63) is 70.8 Å². The average Bonchev–Trinajstić information content (AvgIpc) is 2.99. The van der Waals surface area contributed by atoms with Crippen molar-refractivity contribution in [1.82, 2.24) is 15.5 Å². The second kappa shape index (κ2) is 8.67. The van der Waals surface area contributed by atoms with Crippen molar-refractivity contribution in [3.8, 4) is 0 Å². The van der Waals surface area contributed by atoms with Crippen molar-refractivity contribution >= 4 is 17.8 Å². The van der Waals surface area contributed by atoms with Crippen molar-refractivity contribution in [1.29, 1.82) is 0 Å². The second-order valence-corrected chi connectivity index (χ2v) is 7.86. The fraction of sp³-hybridized carbons (Fsp3) is 0.348. The lowest BCUT2D eigenvalue weighted by Gasteiger charge is -2.26. The summed E-state index contributed by atoms with van der Waals surface area (Å²) in [5.41, 5.74) is 2.51. The molecule has 7 heteroatoms. The minimum atomic E-state index is -1.01. The molecule has 1 aliphatic heterocycles. The fourth-order valence-electron chi connectivity index (χ4n) is 3.84. The Balaban J connectivity index is 1.71. The summed E-state index contributed by atoms with van der Waals surface area (Å²) in [5.74, 6) is -0.346. The molecular formula is C23H29N4O3+. The Labute approximate surface area is 177 Å². The molecule has 4 amide bonds. The van der Waals surface area contributed by atoms with Gasteiger partial charge in [0.15, 0.2) is 6.67 Å². The topological polar surface area (TPSA) is 82.9 Å². The molecule has 0 aromatic heterocycles. The van der Waals surface area contributed by atoms with Gasteiger partial charge in [0.1, 0.15) is 12.1 Å². The lowest BCUT2D eigenvalue weighted by atomic mass is 9.87. The van der Waals surface area contributed by atoms with E-state index in [4.69, 9.17) is 0 Å².